The van der Waals surface area contributed by atoms with Crippen molar-refractivity contribution in [1.82, 2.24) is 25.5 Å². The number of benzene rings is 1. The van der Waals surface area contributed by atoms with Crippen LogP contribution in [0.2, 0.25) is 0 Å². The number of carbonyl (C=O) groups is 1. The van der Waals surface area contributed by atoms with Gasteiger partial charge in [0.25, 0.3) is 11.2 Å². The minimum atomic E-state index is -3.29. The van der Waals surface area contributed by atoms with Crippen LogP contribution in [-0.2, 0) is 12.3 Å². The number of amides is 1. The summed E-state index contributed by atoms with van der Waals surface area (Å²) in [5.74, 6) is -2.45. The fourth-order valence-corrected chi connectivity index (χ4v) is 5.56. The Morgan fingerprint density at radius 1 is 1.23 bits per heavy atom. The minimum Gasteiger partial charge on any atom is -0.386 e. The highest BCUT2D eigenvalue weighted by Crippen LogP contribution is 2.53. The fourth-order valence-electron chi connectivity index (χ4n) is 4.43. The molecule has 7 nitrogen and oxygen atoms in total. The van der Waals surface area contributed by atoms with E-state index in [1.807, 2.05) is 4.90 Å². The Balaban J connectivity index is 1.25. The molecular weight excluding hydrogens is 424 g/mol. The Morgan fingerprint density at radius 3 is 2.74 bits per heavy atom. The zero-order valence-corrected chi connectivity index (χ0v) is 18.0. The maximum absolute atomic E-state index is 14.7. The van der Waals surface area contributed by atoms with Crippen molar-refractivity contribution >= 4 is 17.0 Å². The lowest BCUT2D eigenvalue weighted by atomic mass is 9.97. The molecule has 1 aliphatic carbocycles. The second-order valence-electron chi connectivity index (χ2n) is 8.35. The van der Waals surface area contributed by atoms with Gasteiger partial charge in [0.1, 0.15) is 11.9 Å². The van der Waals surface area contributed by atoms with E-state index in [-0.39, 0.29) is 22.8 Å². The number of H-pyrrole nitrogens is 1. The molecule has 4 atom stereocenters. The Labute approximate surface area is 184 Å². The van der Waals surface area contributed by atoms with Crippen molar-refractivity contribution in [2.45, 2.75) is 56.6 Å². The van der Waals surface area contributed by atoms with Crippen molar-refractivity contribution in [2.75, 3.05) is 12.3 Å². The molecule has 0 radical (unpaired) electrons. The summed E-state index contributed by atoms with van der Waals surface area (Å²) in [5.41, 5.74) is -0.164. The van der Waals surface area contributed by atoms with Gasteiger partial charge in [-0.3, -0.25) is 4.79 Å². The molecule has 1 saturated heterocycles. The molecule has 0 spiro atoms. The summed E-state index contributed by atoms with van der Waals surface area (Å²) >= 11 is 1.26. The van der Waals surface area contributed by atoms with E-state index in [4.69, 9.17) is 0 Å². The van der Waals surface area contributed by atoms with Gasteiger partial charge in [-0.1, -0.05) is 54.9 Å². The van der Waals surface area contributed by atoms with Gasteiger partial charge in [0.2, 0.25) is 0 Å². The summed E-state index contributed by atoms with van der Waals surface area (Å²) in [7, 11) is 0. The predicted molar refractivity (Wildman–Crippen MR) is 113 cm³/mol. The standard InChI is InChI=1S/C21H27F2N5O2S/c22-21(23,14-8-4-3-5-9-14)19(29)16-12-15(16)17-13-31-20(30)28(17)11-7-2-1-6-10-18-24-26-27-25-18/h3-5,8-9,15-17,19,29H,1-2,6-7,10-13H2,(H,24,25,26,27). The quantitative estimate of drug-likeness (QED) is 0.507. The number of tetrazole rings is 1. The Kier molecular flexibility index (Phi) is 6.86. The lowest BCUT2D eigenvalue weighted by molar-refractivity contribution is -0.126. The molecule has 4 unspecified atom stereocenters. The molecule has 2 aliphatic rings. The molecule has 1 aromatic carbocycles. The first-order valence-corrected chi connectivity index (χ1v) is 11.7. The number of halogens is 2. The van der Waals surface area contributed by atoms with Crippen LogP contribution in [0.3, 0.4) is 0 Å². The molecule has 31 heavy (non-hydrogen) atoms. The third-order valence-corrected chi connectivity index (χ3v) is 7.27. The fraction of sp³-hybridized carbons (Fsp3) is 0.619. The smallest absolute Gasteiger partial charge is 0.298 e. The summed E-state index contributed by atoms with van der Waals surface area (Å²) in [6, 6.07) is 7.41. The number of rotatable bonds is 11. The number of alkyl halides is 2. The summed E-state index contributed by atoms with van der Waals surface area (Å²) < 4.78 is 29.5. The Bertz CT molecular complexity index is 855. The van der Waals surface area contributed by atoms with E-state index in [1.54, 1.807) is 18.2 Å². The van der Waals surface area contributed by atoms with Gasteiger partial charge >= 0.3 is 0 Å². The third kappa shape index (κ3) is 5.06. The van der Waals surface area contributed by atoms with Gasteiger partial charge in [-0.05, 0) is 41.5 Å². The molecule has 1 amide bonds. The van der Waals surface area contributed by atoms with Gasteiger partial charge in [0.05, 0.1) is 0 Å². The lowest BCUT2D eigenvalue weighted by Crippen LogP contribution is -2.39. The van der Waals surface area contributed by atoms with Crippen molar-refractivity contribution in [3.63, 3.8) is 0 Å². The number of aromatic amines is 1. The predicted octanol–water partition coefficient (Wildman–Crippen LogP) is 3.63. The lowest BCUT2D eigenvalue weighted by Gasteiger charge is -2.27. The van der Waals surface area contributed by atoms with Gasteiger partial charge in [0.15, 0.2) is 0 Å². The molecule has 1 aliphatic heterocycles. The first-order valence-electron chi connectivity index (χ1n) is 10.8. The summed E-state index contributed by atoms with van der Waals surface area (Å²) in [6.07, 6.45) is 3.43. The van der Waals surface area contributed by atoms with Gasteiger partial charge in [0, 0.05) is 30.3 Å². The average Bonchev–Trinajstić information content (AvgIpc) is 3.21. The van der Waals surface area contributed by atoms with E-state index in [0.29, 0.717) is 18.7 Å². The number of thioether (sulfide) groups is 1. The first-order chi connectivity index (χ1) is 15.0. The highest BCUT2D eigenvalue weighted by molar-refractivity contribution is 8.13. The zero-order chi connectivity index (χ0) is 21.8. The van der Waals surface area contributed by atoms with Crippen LogP contribution >= 0.6 is 11.8 Å². The highest BCUT2D eigenvalue weighted by atomic mass is 32.2. The molecule has 1 saturated carbocycles. The van der Waals surface area contributed by atoms with Gasteiger partial charge in [-0.2, -0.15) is 8.78 Å². The SMILES string of the molecule is O=C1SCC(C2CC2C(O)C(F)(F)c2ccccc2)N1CCCCCCc1nnn[nH]1. The molecular formula is C21H27F2N5O2S. The van der Waals surface area contributed by atoms with Crippen LogP contribution in [0.5, 0.6) is 0 Å². The molecule has 2 aromatic rings. The summed E-state index contributed by atoms with van der Waals surface area (Å²) in [4.78, 5) is 14.2. The van der Waals surface area contributed by atoms with Crippen molar-refractivity contribution in [2.24, 2.45) is 11.8 Å². The molecule has 4 rings (SSSR count). The number of carbonyl (C=O) groups excluding carboxylic acids is 1. The highest BCUT2D eigenvalue weighted by Gasteiger charge is 2.58. The van der Waals surface area contributed by atoms with Crippen molar-refractivity contribution in [3.05, 3.63) is 41.7 Å². The second kappa shape index (κ2) is 9.60. The molecule has 1 aromatic heterocycles. The van der Waals surface area contributed by atoms with Crippen molar-refractivity contribution in [3.8, 4) is 0 Å². The van der Waals surface area contributed by atoms with E-state index in [0.717, 1.165) is 37.9 Å². The molecule has 10 heteroatoms. The van der Waals surface area contributed by atoms with E-state index in [9.17, 15) is 18.7 Å². The third-order valence-electron chi connectivity index (χ3n) is 6.29. The topological polar surface area (TPSA) is 95.0 Å². The van der Waals surface area contributed by atoms with Gasteiger partial charge < -0.3 is 10.0 Å². The van der Waals surface area contributed by atoms with Crippen LogP contribution < -0.4 is 0 Å². The van der Waals surface area contributed by atoms with Crippen LogP contribution in [0.25, 0.3) is 0 Å². The Morgan fingerprint density at radius 2 is 2.00 bits per heavy atom. The number of aliphatic hydroxyl groups is 1. The van der Waals surface area contributed by atoms with Crippen LogP contribution in [-0.4, -0.2) is 60.3 Å². The number of nitrogens with one attached hydrogen (secondary N) is 1. The first kappa shape index (κ1) is 22.1. The number of aliphatic hydroxyl groups excluding tert-OH is 1. The van der Waals surface area contributed by atoms with E-state index >= 15 is 0 Å². The zero-order valence-electron chi connectivity index (χ0n) is 17.2. The van der Waals surface area contributed by atoms with Crippen LogP contribution in [0, 0.1) is 11.8 Å². The van der Waals surface area contributed by atoms with E-state index in [1.165, 1.54) is 23.9 Å². The van der Waals surface area contributed by atoms with Crippen molar-refractivity contribution < 1.29 is 18.7 Å². The minimum absolute atomic E-state index is 0.0210. The van der Waals surface area contributed by atoms with Crippen LogP contribution in [0.15, 0.2) is 30.3 Å². The number of unbranched alkanes of at least 4 members (excludes halogenated alkanes) is 3. The molecule has 0 bridgehead atoms. The molecule has 2 N–H and O–H groups in total. The summed E-state index contributed by atoms with van der Waals surface area (Å²) in [6.45, 7) is 0.634. The number of aryl methyl sites for hydroxylation is 1. The van der Waals surface area contributed by atoms with Crippen LogP contribution in [0.1, 0.15) is 43.5 Å². The number of nitrogens with zero attached hydrogens (tertiary/aromatic N) is 4. The van der Waals surface area contributed by atoms with Crippen molar-refractivity contribution in [1.29, 1.82) is 0 Å². The monoisotopic (exact) mass is 451 g/mol. The number of aromatic nitrogens is 4. The van der Waals surface area contributed by atoms with E-state index < -0.39 is 17.9 Å². The Hall–Kier alpha value is -2.07. The van der Waals surface area contributed by atoms with Crippen LogP contribution in [0.4, 0.5) is 13.6 Å². The molecule has 2 heterocycles. The molecule has 168 valence electrons. The van der Waals surface area contributed by atoms with Gasteiger partial charge in [-0.15, -0.1) is 5.10 Å². The summed E-state index contributed by atoms with van der Waals surface area (Å²) in [5, 5.41) is 24.1. The van der Waals surface area contributed by atoms with E-state index in [2.05, 4.69) is 20.6 Å². The normalized spacial score (nSPS) is 24.5. The van der Waals surface area contributed by atoms with Gasteiger partial charge in [-0.25, -0.2) is 5.10 Å². The maximum atomic E-state index is 14.7. The second-order valence-corrected chi connectivity index (χ2v) is 9.32. The maximum Gasteiger partial charge on any atom is 0.298 e. The largest absolute Gasteiger partial charge is 0.386 e. The number of hydrogen-bond acceptors (Lipinski definition) is 6. The molecule has 2 fully saturated rings. The average molecular weight is 452 g/mol. The number of hydrogen-bond donors (Lipinski definition) is 2.